The summed E-state index contributed by atoms with van der Waals surface area (Å²) in [4.78, 5) is 17.9. The van der Waals surface area contributed by atoms with Gasteiger partial charge in [0, 0.05) is 5.52 Å². The van der Waals surface area contributed by atoms with E-state index in [2.05, 4.69) is 57.2 Å². The van der Waals surface area contributed by atoms with E-state index in [1.54, 1.807) is 0 Å². The van der Waals surface area contributed by atoms with Crippen LogP contribution >= 0.6 is 0 Å². The molecule has 0 unspecified atom stereocenters. The maximum atomic E-state index is 13.3. The zero-order valence-electron chi connectivity index (χ0n) is 18.7. The second-order valence-electron chi connectivity index (χ2n) is 9.50. The van der Waals surface area contributed by atoms with E-state index < -0.39 is 0 Å². The molecular formula is C24H33N6O+. The molecule has 2 N–H and O–H groups in total. The Kier molecular flexibility index (Phi) is 5.61. The minimum absolute atomic E-state index is 0.0166. The smallest absolute Gasteiger partial charge is 0.258 e. The standard InChI is InChI=1S/C24H32N6O/c1-16-13-18-15-20(24(31)25-21(18)14-17(16)2)22(29-11-7-4-8-12-29)23-26-27-28-30(23)19-9-5-3-6-10-19/h13-15,19,22H,3-12H2,1-2H3,(H,25,31)/p+1/t22-/m1/s1. The van der Waals surface area contributed by atoms with E-state index in [0.29, 0.717) is 6.04 Å². The first-order chi connectivity index (χ1) is 15.1. The van der Waals surface area contributed by atoms with Gasteiger partial charge in [0.15, 0.2) is 6.04 Å². The molecule has 7 heteroatoms. The number of likely N-dealkylation sites (tertiary alicyclic amines) is 1. The minimum Gasteiger partial charge on any atom is -0.322 e. The van der Waals surface area contributed by atoms with Crippen LogP contribution in [0.1, 0.15) is 86.0 Å². The summed E-state index contributed by atoms with van der Waals surface area (Å²) in [5.74, 6) is 0.859. The van der Waals surface area contributed by atoms with E-state index in [9.17, 15) is 4.79 Å². The van der Waals surface area contributed by atoms with E-state index in [4.69, 9.17) is 0 Å². The average Bonchev–Trinajstić information content (AvgIpc) is 3.26. The summed E-state index contributed by atoms with van der Waals surface area (Å²) in [6.07, 6.45) is 9.59. The second kappa shape index (κ2) is 8.54. The monoisotopic (exact) mass is 421 g/mol. The third kappa shape index (κ3) is 3.91. The molecule has 31 heavy (non-hydrogen) atoms. The molecule has 1 atom stereocenters. The van der Waals surface area contributed by atoms with Crippen molar-refractivity contribution in [2.24, 2.45) is 0 Å². The van der Waals surface area contributed by atoms with Gasteiger partial charge in [0.1, 0.15) is 0 Å². The van der Waals surface area contributed by atoms with Crippen molar-refractivity contribution < 1.29 is 4.90 Å². The topological polar surface area (TPSA) is 80.9 Å². The molecule has 5 rings (SSSR count). The summed E-state index contributed by atoms with van der Waals surface area (Å²) in [5, 5.41) is 14.1. The van der Waals surface area contributed by atoms with Crippen LogP contribution < -0.4 is 10.5 Å². The Morgan fingerprint density at radius 2 is 1.71 bits per heavy atom. The highest BCUT2D eigenvalue weighted by atomic mass is 16.1. The molecule has 1 aliphatic carbocycles. The van der Waals surface area contributed by atoms with Crippen molar-refractivity contribution >= 4 is 10.9 Å². The van der Waals surface area contributed by atoms with Crippen molar-refractivity contribution in [3.63, 3.8) is 0 Å². The zero-order chi connectivity index (χ0) is 21.4. The summed E-state index contributed by atoms with van der Waals surface area (Å²) in [5.41, 5.74) is 4.10. The Morgan fingerprint density at radius 3 is 2.48 bits per heavy atom. The van der Waals surface area contributed by atoms with Crippen LogP contribution in [-0.2, 0) is 0 Å². The van der Waals surface area contributed by atoms with Crippen LogP contribution in [-0.4, -0.2) is 38.3 Å². The van der Waals surface area contributed by atoms with Crippen LogP contribution in [0.2, 0.25) is 0 Å². The number of aromatic amines is 1. The summed E-state index contributed by atoms with van der Waals surface area (Å²) in [7, 11) is 0. The van der Waals surface area contributed by atoms with Crippen molar-refractivity contribution in [2.45, 2.75) is 77.3 Å². The van der Waals surface area contributed by atoms with Gasteiger partial charge in [-0.05, 0) is 91.1 Å². The first-order valence-corrected chi connectivity index (χ1v) is 11.9. The van der Waals surface area contributed by atoms with Crippen LogP contribution in [0, 0.1) is 13.8 Å². The normalized spacial score (nSPS) is 19.7. The molecule has 3 aromatic rings. The molecule has 0 radical (unpaired) electrons. The number of hydrogen-bond donors (Lipinski definition) is 2. The van der Waals surface area contributed by atoms with Crippen molar-refractivity contribution in [3.8, 4) is 0 Å². The van der Waals surface area contributed by atoms with Gasteiger partial charge in [-0.1, -0.05) is 19.3 Å². The summed E-state index contributed by atoms with van der Waals surface area (Å²) >= 11 is 0. The van der Waals surface area contributed by atoms with Crippen LogP contribution in [0.3, 0.4) is 0 Å². The van der Waals surface area contributed by atoms with Gasteiger partial charge in [0.05, 0.1) is 24.7 Å². The number of piperidine rings is 1. The quantitative estimate of drug-likeness (QED) is 0.679. The molecule has 1 aromatic carbocycles. The maximum Gasteiger partial charge on any atom is 0.258 e. The lowest BCUT2D eigenvalue weighted by molar-refractivity contribution is -0.931. The molecule has 2 aliphatic rings. The molecule has 0 spiro atoms. The van der Waals surface area contributed by atoms with Crippen LogP contribution in [0.25, 0.3) is 10.9 Å². The van der Waals surface area contributed by atoms with Gasteiger partial charge in [0.25, 0.3) is 5.56 Å². The Balaban J connectivity index is 1.64. The fraction of sp³-hybridized carbons (Fsp3) is 0.583. The number of nitrogens with one attached hydrogen (secondary N) is 2. The van der Waals surface area contributed by atoms with E-state index in [1.165, 1.54) is 54.6 Å². The van der Waals surface area contributed by atoms with Gasteiger partial charge in [-0.2, -0.15) is 0 Å². The van der Waals surface area contributed by atoms with E-state index in [-0.39, 0.29) is 11.6 Å². The maximum absolute atomic E-state index is 13.3. The number of rotatable bonds is 4. The summed E-state index contributed by atoms with van der Waals surface area (Å²) < 4.78 is 2.05. The van der Waals surface area contributed by atoms with Gasteiger partial charge in [0.2, 0.25) is 5.82 Å². The number of benzene rings is 1. The lowest BCUT2D eigenvalue weighted by Gasteiger charge is -2.32. The molecule has 1 saturated heterocycles. The van der Waals surface area contributed by atoms with Crippen molar-refractivity contribution in [1.82, 2.24) is 25.2 Å². The molecular weight excluding hydrogens is 388 g/mol. The number of H-pyrrole nitrogens is 1. The molecule has 1 saturated carbocycles. The van der Waals surface area contributed by atoms with E-state index in [1.807, 2.05) is 0 Å². The molecule has 3 heterocycles. The van der Waals surface area contributed by atoms with Crippen LogP contribution in [0.15, 0.2) is 23.0 Å². The molecule has 0 bridgehead atoms. The second-order valence-corrected chi connectivity index (χ2v) is 9.50. The molecule has 0 amide bonds. The summed E-state index contributed by atoms with van der Waals surface area (Å²) in [6.45, 7) is 6.30. The van der Waals surface area contributed by atoms with E-state index in [0.717, 1.165) is 48.2 Å². The largest absolute Gasteiger partial charge is 0.322 e. The molecule has 2 fully saturated rings. The lowest BCUT2D eigenvalue weighted by Crippen LogP contribution is -3.13. The highest BCUT2D eigenvalue weighted by molar-refractivity contribution is 5.80. The fourth-order valence-electron chi connectivity index (χ4n) is 5.52. The highest BCUT2D eigenvalue weighted by Gasteiger charge is 2.36. The Hall–Kier alpha value is -2.54. The van der Waals surface area contributed by atoms with Crippen molar-refractivity contribution in [2.75, 3.05) is 13.1 Å². The first-order valence-electron chi connectivity index (χ1n) is 11.9. The molecule has 2 aromatic heterocycles. The SMILES string of the molecule is Cc1cc2cc([C@H](c3nnnn3C3CCCCC3)[NH+]3CCCCC3)c(=O)[nH]c2cc1C. The van der Waals surface area contributed by atoms with Crippen LogP contribution in [0.5, 0.6) is 0 Å². The number of fused-ring (bicyclic) bond motifs is 1. The van der Waals surface area contributed by atoms with Gasteiger partial charge in [-0.15, -0.1) is 5.10 Å². The minimum atomic E-state index is -0.132. The Labute approximate surface area is 182 Å². The molecule has 164 valence electrons. The first kappa shape index (κ1) is 20.4. The Bertz CT molecular complexity index is 1120. The van der Waals surface area contributed by atoms with Crippen molar-refractivity contribution in [1.29, 1.82) is 0 Å². The van der Waals surface area contributed by atoms with E-state index >= 15 is 0 Å². The summed E-state index contributed by atoms with van der Waals surface area (Å²) in [6, 6.07) is 6.55. The predicted molar refractivity (Wildman–Crippen MR) is 120 cm³/mol. The number of nitrogens with zero attached hydrogens (tertiary/aromatic N) is 4. The van der Waals surface area contributed by atoms with Gasteiger partial charge >= 0.3 is 0 Å². The average molecular weight is 422 g/mol. The molecule has 1 aliphatic heterocycles. The van der Waals surface area contributed by atoms with Crippen molar-refractivity contribution in [3.05, 3.63) is 51.1 Å². The third-order valence-corrected chi connectivity index (χ3v) is 7.40. The number of aryl methyl sites for hydroxylation is 2. The molecule has 7 nitrogen and oxygen atoms in total. The number of hydrogen-bond acceptors (Lipinski definition) is 4. The zero-order valence-corrected chi connectivity index (χ0v) is 18.7. The van der Waals surface area contributed by atoms with Crippen LogP contribution in [0.4, 0.5) is 0 Å². The number of quaternary nitrogens is 1. The fourth-order valence-corrected chi connectivity index (χ4v) is 5.52. The van der Waals surface area contributed by atoms with Gasteiger partial charge in [-0.3, -0.25) is 4.79 Å². The lowest BCUT2D eigenvalue weighted by atomic mass is 9.94. The number of aromatic nitrogens is 5. The van der Waals surface area contributed by atoms with Gasteiger partial charge in [-0.25, -0.2) is 4.68 Å². The highest BCUT2D eigenvalue weighted by Crippen LogP contribution is 2.30. The predicted octanol–water partition coefficient (Wildman–Crippen LogP) is 2.79. The number of tetrazole rings is 1. The Morgan fingerprint density at radius 1 is 1.00 bits per heavy atom. The third-order valence-electron chi connectivity index (χ3n) is 7.40. The van der Waals surface area contributed by atoms with Gasteiger partial charge < -0.3 is 9.88 Å². The number of pyridine rings is 1.